The summed E-state index contributed by atoms with van der Waals surface area (Å²) in [5.41, 5.74) is 0. The second kappa shape index (κ2) is 5.69. The van der Waals surface area contributed by atoms with Crippen LogP contribution in [0.5, 0.6) is 0 Å². The van der Waals surface area contributed by atoms with E-state index in [1.54, 1.807) is 0 Å². The Kier molecular flexibility index (Phi) is 8.92. The molecule has 0 aromatic carbocycles. The quantitative estimate of drug-likeness (QED) is 0.445. The number of rotatable bonds is 0. The summed E-state index contributed by atoms with van der Waals surface area (Å²) in [5, 5.41) is 0. The second-order valence-electron chi connectivity index (χ2n) is 0.990. The Morgan fingerprint density at radius 3 is 0.455 bits per heavy atom. The van der Waals surface area contributed by atoms with Crippen LogP contribution < -0.4 is 0 Å². The third-order valence-corrected chi connectivity index (χ3v) is 0. The molecule has 0 fully saturated rings. The molecule has 0 atom stereocenters. The second-order valence-corrected chi connectivity index (χ2v) is 0.990. The van der Waals surface area contributed by atoms with Crippen LogP contribution >= 0.6 is 0 Å². The fraction of sp³-hybridized carbons (Fsp3) is 0. The molecule has 0 saturated heterocycles. The van der Waals surface area contributed by atoms with Crippen LogP contribution in [-0.4, -0.2) is 14.5 Å². The average Bonchev–Trinajstić information content (AvgIpc) is 1.12. The molecule has 0 rings (SSSR count). The molecule has 0 aromatic rings. The third kappa shape index (κ3) is 113000. The zero-order chi connectivity index (χ0) is 9.00. The molecule has 0 aliphatic rings. The maximum atomic E-state index is 9.75. The van der Waals surface area contributed by atoms with Gasteiger partial charge in [-0.25, -0.2) is 0 Å². The summed E-state index contributed by atoms with van der Waals surface area (Å²) in [6, 6.07) is 0. The molecule has 0 spiro atoms. The molecule has 1 radical (unpaired) electrons. The molecule has 0 unspecified atom stereocenters. The van der Waals surface area contributed by atoms with Crippen LogP contribution in [0.3, 0.4) is 0 Å². The molecule has 0 aliphatic carbocycles. The van der Waals surface area contributed by atoms with E-state index in [1.807, 2.05) is 0 Å². The number of halogens is 8. The van der Waals surface area contributed by atoms with Gasteiger partial charge in [-0.15, -0.1) is 0 Å². The molecular formula is B2CoF8. The topological polar surface area (TPSA) is 0 Å². The van der Waals surface area contributed by atoms with E-state index in [2.05, 4.69) is 0 Å². The van der Waals surface area contributed by atoms with E-state index in [-0.39, 0.29) is 16.8 Å². The molecule has 0 saturated carbocycles. The van der Waals surface area contributed by atoms with Crippen molar-refractivity contribution in [2.24, 2.45) is 0 Å². The number of hydrogen-bond acceptors (Lipinski definition) is 0. The number of hydrogen-bond donors (Lipinski definition) is 0. The van der Waals surface area contributed by atoms with Crippen molar-refractivity contribution in [2.75, 3.05) is 0 Å². The van der Waals surface area contributed by atoms with Crippen LogP contribution in [0.15, 0.2) is 0 Å². The molecule has 0 amide bonds. The minimum Gasteiger partial charge on any atom is -0.418 e. The van der Waals surface area contributed by atoms with Crippen molar-refractivity contribution in [3.63, 3.8) is 0 Å². The fourth-order valence-electron chi connectivity index (χ4n) is 0. The molecule has 0 heterocycles. The van der Waals surface area contributed by atoms with Crippen LogP contribution in [0.2, 0.25) is 0 Å². The first kappa shape index (κ1) is 17.2. The van der Waals surface area contributed by atoms with Gasteiger partial charge in [0.1, 0.15) is 0 Å². The summed E-state index contributed by atoms with van der Waals surface area (Å²) in [6.07, 6.45) is 0. The van der Waals surface area contributed by atoms with Gasteiger partial charge in [0.05, 0.1) is 0 Å². The Morgan fingerprint density at radius 2 is 0.455 bits per heavy atom. The van der Waals surface area contributed by atoms with Crippen molar-refractivity contribution in [1.29, 1.82) is 0 Å². The van der Waals surface area contributed by atoms with Gasteiger partial charge in [-0.3, -0.25) is 0 Å². The summed E-state index contributed by atoms with van der Waals surface area (Å²) in [5.74, 6) is 0. The standard InChI is InChI=1S/2BF4.Co/c2*2-1(3,4)5;/q2*-1;+2. The average molecular weight is 233 g/mol. The Morgan fingerprint density at radius 1 is 0.455 bits per heavy atom. The van der Waals surface area contributed by atoms with Gasteiger partial charge < -0.3 is 34.5 Å². The maximum absolute atomic E-state index is 9.75. The zero-order valence-electron chi connectivity index (χ0n) is 4.51. The summed E-state index contributed by atoms with van der Waals surface area (Å²) in [6.45, 7) is 0. The van der Waals surface area contributed by atoms with Crippen molar-refractivity contribution in [3.05, 3.63) is 0 Å². The van der Waals surface area contributed by atoms with Crippen LogP contribution in [0.25, 0.3) is 0 Å². The summed E-state index contributed by atoms with van der Waals surface area (Å²) < 4.78 is 78.0. The fourth-order valence-corrected chi connectivity index (χ4v) is 0. The van der Waals surface area contributed by atoms with Gasteiger partial charge in [0, 0.05) is 0 Å². The largest absolute Gasteiger partial charge is 2.00 e. The zero-order valence-corrected chi connectivity index (χ0v) is 5.55. The molecule has 0 N–H and O–H groups in total. The van der Waals surface area contributed by atoms with Crippen molar-refractivity contribution in [3.8, 4) is 0 Å². The Bertz CT molecular complexity index is 55.1. The van der Waals surface area contributed by atoms with Crippen LogP contribution in [0, 0.1) is 0 Å². The third-order valence-electron chi connectivity index (χ3n) is 0. The van der Waals surface area contributed by atoms with Gasteiger partial charge in [0.25, 0.3) is 0 Å². The molecule has 71 valence electrons. The van der Waals surface area contributed by atoms with E-state index in [0.29, 0.717) is 0 Å². The van der Waals surface area contributed by atoms with Gasteiger partial charge in [-0.2, -0.15) is 0 Å². The van der Waals surface area contributed by atoms with Crippen LogP contribution in [0.4, 0.5) is 34.5 Å². The molecule has 11 heavy (non-hydrogen) atoms. The van der Waals surface area contributed by atoms with E-state index < -0.39 is 14.5 Å². The minimum absolute atomic E-state index is 0. The molecule has 0 nitrogen and oxygen atoms in total. The molecule has 0 aromatic heterocycles. The monoisotopic (exact) mass is 233 g/mol. The van der Waals surface area contributed by atoms with E-state index in [0.717, 1.165) is 0 Å². The van der Waals surface area contributed by atoms with Crippen molar-refractivity contribution in [1.82, 2.24) is 0 Å². The van der Waals surface area contributed by atoms with Gasteiger partial charge in [0.2, 0.25) is 0 Å². The van der Waals surface area contributed by atoms with Gasteiger partial charge in [-0.05, 0) is 0 Å². The normalized spacial score (nSPS) is 10.9. The Labute approximate surface area is 66.7 Å². The van der Waals surface area contributed by atoms with E-state index in [4.69, 9.17) is 0 Å². The predicted molar refractivity (Wildman–Crippen MR) is 20.4 cm³/mol. The molecule has 0 bridgehead atoms. The van der Waals surface area contributed by atoms with Crippen molar-refractivity contribution >= 4 is 14.5 Å². The van der Waals surface area contributed by atoms with Gasteiger partial charge in [-0.1, -0.05) is 0 Å². The molecule has 11 heteroatoms. The maximum Gasteiger partial charge on any atom is 2.00 e. The van der Waals surface area contributed by atoms with E-state index in [1.165, 1.54) is 0 Å². The smallest absolute Gasteiger partial charge is 0.418 e. The Hall–Kier alpha value is 0.0764. The predicted octanol–water partition coefficient (Wildman–Crippen LogP) is 2.60. The first-order valence-electron chi connectivity index (χ1n) is 1.75. The van der Waals surface area contributed by atoms with Crippen molar-refractivity contribution in [2.45, 2.75) is 0 Å². The van der Waals surface area contributed by atoms with Crippen LogP contribution in [0.1, 0.15) is 0 Å². The molecular weight excluding hydrogens is 233 g/mol. The first-order chi connectivity index (χ1) is 4.00. The van der Waals surface area contributed by atoms with Gasteiger partial charge >= 0.3 is 31.3 Å². The minimum atomic E-state index is -6.00. The van der Waals surface area contributed by atoms with Crippen LogP contribution in [-0.2, 0) is 16.8 Å². The van der Waals surface area contributed by atoms with Gasteiger partial charge in [0.15, 0.2) is 0 Å². The van der Waals surface area contributed by atoms with E-state index in [9.17, 15) is 34.5 Å². The molecule has 0 aliphatic heterocycles. The Balaban J connectivity index is -0.000000107. The summed E-state index contributed by atoms with van der Waals surface area (Å²) >= 11 is 0. The first-order valence-corrected chi connectivity index (χ1v) is 1.75. The summed E-state index contributed by atoms with van der Waals surface area (Å²) in [4.78, 5) is 0. The van der Waals surface area contributed by atoms with E-state index >= 15 is 0 Å². The summed E-state index contributed by atoms with van der Waals surface area (Å²) in [7, 11) is -12.0. The SMILES string of the molecule is F[B-](F)(F)F.F[B-](F)(F)F.[Co+2]. The van der Waals surface area contributed by atoms with Crippen molar-refractivity contribution < 1.29 is 51.3 Å².